The predicted octanol–water partition coefficient (Wildman–Crippen LogP) is 3.65. The van der Waals surface area contributed by atoms with E-state index in [9.17, 15) is 23.1 Å². The fourth-order valence-corrected chi connectivity index (χ4v) is 4.02. The molecule has 1 N–H and O–H groups in total. The Balaban J connectivity index is 1.65. The lowest BCUT2D eigenvalue weighted by molar-refractivity contribution is -0.145. The van der Waals surface area contributed by atoms with Gasteiger partial charge in [0, 0.05) is 31.5 Å². The summed E-state index contributed by atoms with van der Waals surface area (Å²) in [4.78, 5) is 19.7. The molecule has 1 aromatic rings. The van der Waals surface area contributed by atoms with Gasteiger partial charge in [-0.3, -0.25) is 4.79 Å². The average Bonchev–Trinajstić information content (AvgIpc) is 3.18. The van der Waals surface area contributed by atoms with E-state index in [4.69, 9.17) is 4.84 Å². The predicted molar refractivity (Wildman–Crippen MR) is 102 cm³/mol. The van der Waals surface area contributed by atoms with Crippen LogP contribution in [0.15, 0.2) is 29.4 Å². The molecule has 2 aliphatic heterocycles. The number of hydrogen-bond donors (Lipinski definition) is 1. The number of nitrogens with zero attached hydrogens (tertiary/aromatic N) is 2. The first kappa shape index (κ1) is 21.6. The molecular formula is C21H27F3N2O3. The SMILES string of the molecule is CC(C)C1=NO[C@@H](C(=O)N2CCC(CO)(Cc3ccccc3C(F)(F)F)CC2)C1. The van der Waals surface area contributed by atoms with Crippen LogP contribution in [0.1, 0.15) is 44.2 Å². The van der Waals surface area contributed by atoms with Crippen LogP contribution < -0.4 is 0 Å². The van der Waals surface area contributed by atoms with Gasteiger partial charge >= 0.3 is 6.18 Å². The van der Waals surface area contributed by atoms with Crippen molar-refractivity contribution in [3.05, 3.63) is 35.4 Å². The minimum Gasteiger partial charge on any atom is -0.396 e. The lowest BCUT2D eigenvalue weighted by Gasteiger charge is -2.41. The minimum atomic E-state index is -4.43. The molecule has 3 rings (SSSR count). The van der Waals surface area contributed by atoms with Crippen molar-refractivity contribution in [1.29, 1.82) is 0 Å². The lowest BCUT2D eigenvalue weighted by atomic mass is 9.73. The second kappa shape index (κ2) is 8.34. The molecule has 1 amide bonds. The molecule has 0 bridgehead atoms. The Kier molecular flexibility index (Phi) is 6.22. The molecule has 1 saturated heterocycles. The van der Waals surface area contributed by atoms with Crippen LogP contribution in [0.25, 0.3) is 0 Å². The van der Waals surface area contributed by atoms with Crippen molar-refractivity contribution in [2.45, 2.75) is 51.8 Å². The number of aliphatic hydroxyl groups excluding tert-OH is 1. The summed E-state index contributed by atoms with van der Waals surface area (Å²) in [6.45, 7) is 4.52. The summed E-state index contributed by atoms with van der Waals surface area (Å²) in [5.74, 6) is 0.0662. The summed E-state index contributed by atoms with van der Waals surface area (Å²) >= 11 is 0. The van der Waals surface area contributed by atoms with Crippen molar-refractivity contribution in [2.75, 3.05) is 19.7 Å². The van der Waals surface area contributed by atoms with Gasteiger partial charge in [0.15, 0.2) is 0 Å². The topological polar surface area (TPSA) is 62.1 Å². The van der Waals surface area contributed by atoms with Gasteiger partial charge in [-0.1, -0.05) is 37.2 Å². The minimum absolute atomic E-state index is 0.127. The van der Waals surface area contributed by atoms with E-state index in [0.717, 1.165) is 11.8 Å². The Labute approximate surface area is 168 Å². The van der Waals surface area contributed by atoms with E-state index >= 15 is 0 Å². The standard InChI is InChI=1S/C21H27F3N2O3/c1-14(2)17-11-18(29-25-17)19(28)26-9-7-20(13-27,8-10-26)12-15-5-3-4-6-16(15)21(22,23)24/h3-6,14,18,27H,7-13H2,1-2H3/t18-/m1/s1. The van der Waals surface area contributed by atoms with Crippen molar-refractivity contribution in [1.82, 2.24) is 4.90 Å². The van der Waals surface area contributed by atoms with Gasteiger partial charge in [-0.25, -0.2) is 0 Å². The van der Waals surface area contributed by atoms with Crippen molar-refractivity contribution >= 4 is 11.6 Å². The first-order valence-electron chi connectivity index (χ1n) is 9.92. The molecule has 29 heavy (non-hydrogen) atoms. The third-order valence-electron chi connectivity index (χ3n) is 5.99. The number of piperidine rings is 1. The van der Waals surface area contributed by atoms with E-state index in [1.165, 1.54) is 12.1 Å². The molecule has 8 heteroatoms. The zero-order valence-corrected chi connectivity index (χ0v) is 16.7. The number of benzene rings is 1. The van der Waals surface area contributed by atoms with Gasteiger partial charge in [-0.2, -0.15) is 13.2 Å². The maximum Gasteiger partial charge on any atom is 0.416 e. The normalized spacial score (nSPS) is 21.8. The number of carbonyl (C=O) groups excluding carboxylic acids is 1. The molecule has 5 nitrogen and oxygen atoms in total. The van der Waals surface area contributed by atoms with Crippen LogP contribution in [0.4, 0.5) is 13.2 Å². The van der Waals surface area contributed by atoms with Crippen LogP contribution in [-0.2, 0) is 22.2 Å². The molecule has 0 radical (unpaired) electrons. The Morgan fingerprint density at radius 2 is 1.97 bits per heavy atom. The number of hydrogen-bond acceptors (Lipinski definition) is 4. The number of alkyl halides is 3. The molecule has 0 spiro atoms. The summed E-state index contributed by atoms with van der Waals surface area (Å²) in [6.07, 6.45) is -3.59. The third kappa shape index (κ3) is 4.74. The summed E-state index contributed by atoms with van der Waals surface area (Å²) in [7, 11) is 0. The van der Waals surface area contributed by atoms with Crippen LogP contribution in [0.2, 0.25) is 0 Å². The monoisotopic (exact) mass is 412 g/mol. The number of carbonyl (C=O) groups is 1. The highest BCUT2D eigenvalue weighted by atomic mass is 19.4. The van der Waals surface area contributed by atoms with Gasteiger partial charge in [0.05, 0.1) is 11.3 Å². The zero-order chi connectivity index (χ0) is 21.2. The molecule has 1 aromatic carbocycles. The van der Waals surface area contributed by atoms with E-state index in [1.807, 2.05) is 13.8 Å². The number of halogens is 3. The molecule has 1 fully saturated rings. The first-order valence-corrected chi connectivity index (χ1v) is 9.92. The fraction of sp³-hybridized carbons (Fsp3) is 0.619. The van der Waals surface area contributed by atoms with Crippen LogP contribution in [0.5, 0.6) is 0 Å². The van der Waals surface area contributed by atoms with E-state index < -0.39 is 23.3 Å². The maximum atomic E-state index is 13.3. The van der Waals surface area contributed by atoms with Crippen LogP contribution >= 0.6 is 0 Å². The Morgan fingerprint density at radius 3 is 2.52 bits per heavy atom. The largest absolute Gasteiger partial charge is 0.416 e. The molecule has 0 aromatic heterocycles. The Bertz CT molecular complexity index is 769. The van der Waals surface area contributed by atoms with E-state index in [-0.39, 0.29) is 30.4 Å². The number of likely N-dealkylation sites (tertiary alicyclic amines) is 1. The van der Waals surface area contributed by atoms with Crippen molar-refractivity contribution in [3.63, 3.8) is 0 Å². The maximum absolute atomic E-state index is 13.3. The number of aliphatic hydroxyl groups is 1. The van der Waals surface area contributed by atoms with Gasteiger partial charge < -0.3 is 14.8 Å². The van der Waals surface area contributed by atoms with Gasteiger partial charge in [0.25, 0.3) is 5.91 Å². The second-order valence-corrected chi connectivity index (χ2v) is 8.35. The smallest absolute Gasteiger partial charge is 0.396 e. The second-order valence-electron chi connectivity index (χ2n) is 8.35. The highest BCUT2D eigenvalue weighted by Gasteiger charge is 2.41. The van der Waals surface area contributed by atoms with E-state index in [1.54, 1.807) is 11.0 Å². The molecular weight excluding hydrogens is 385 g/mol. The molecule has 0 aliphatic carbocycles. The van der Waals surface area contributed by atoms with Crippen LogP contribution in [-0.4, -0.2) is 47.4 Å². The summed E-state index contributed by atoms with van der Waals surface area (Å²) in [6, 6.07) is 5.49. The lowest BCUT2D eigenvalue weighted by Crippen LogP contribution is -2.48. The summed E-state index contributed by atoms with van der Waals surface area (Å²) in [5.41, 5.74) is -0.297. The van der Waals surface area contributed by atoms with E-state index in [2.05, 4.69) is 5.16 Å². The molecule has 0 saturated carbocycles. The van der Waals surface area contributed by atoms with Crippen molar-refractivity contribution < 1.29 is 27.9 Å². The highest BCUT2D eigenvalue weighted by Crippen LogP contribution is 2.39. The zero-order valence-electron chi connectivity index (χ0n) is 16.7. The van der Waals surface area contributed by atoms with Gasteiger partial charge in [0.2, 0.25) is 6.10 Å². The molecule has 0 unspecified atom stereocenters. The summed E-state index contributed by atoms with van der Waals surface area (Å²) < 4.78 is 40.0. The van der Waals surface area contributed by atoms with Crippen molar-refractivity contribution in [2.24, 2.45) is 16.5 Å². The fourth-order valence-electron chi connectivity index (χ4n) is 4.02. The Morgan fingerprint density at radius 1 is 1.31 bits per heavy atom. The van der Waals surface area contributed by atoms with Crippen LogP contribution in [0, 0.1) is 11.3 Å². The molecule has 1 atom stereocenters. The molecule has 2 heterocycles. The van der Waals surface area contributed by atoms with Crippen molar-refractivity contribution in [3.8, 4) is 0 Å². The van der Waals surface area contributed by atoms with Gasteiger partial charge in [0.1, 0.15) is 0 Å². The van der Waals surface area contributed by atoms with E-state index in [0.29, 0.717) is 32.4 Å². The highest BCUT2D eigenvalue weighted by molar-refractivity contribution is 5.93. The molecule has 2 aliphatic rings. The number of rotatable bonds is 5. The molecule has 160 valence electrons. The van der Waals surface area contributed by atoms with Gasteiger partial charge in [-0.05, 0) is 36.8 Å². The quantitative estimate of drug-likeness (QED) is 0.803. The van der Waals surface area contributed by atoms with Gasteiger partial charge in [-0.15, -0.1) is 0 Å². The Hall–Kier alpha value is -2.09. The third-order valence-corrected chi connectivity index (χ3v) is 5.99. The number of amides is 1. The number of oxime groups is 1. The average molecular weight is 412 g/mol. The first-order chi connectivity index (χ1) is 13.6. The van der Waals surface area contributed by atoms with Crippen LogP contribution in [0.3, 0.4) is 0 Å². The summed E-state index contributed by atoms with van der Waals surface area (Å²) in [5, 5.41) is 14.0.